The summed E-state index contributed by atoms with van der Waals surface area (Å²) in [5, 5.41) is 3.33. The van der Waals surface area contributed by atoms with Gasteiger partial charge in [0.25, 0.3) is 5.91 Å². The van der Waals surface area contributed by atoms with Gasteiger partial charge in [-0.1, -0.05) is 6.07 Å². The van der Waals surface area contributed by atoms with Crippen molar-refractivity contribution in [2.45, 2.75) is 32.0 Å². The molecule has 0 spiro atoms. The molecule has 1 fully saturated rings. The van der Waals surface area contributed by atoms with Crippen LogP contribution in [0.3, 0.4) is 0 Å². The average molecular weight is 310 g/mol. The van der Waals surface area contributed by atoms with Crippen LogP contribution in [0.4, 0.5) is 0 Å². The van der Waals surface area contributed by atoms with E-state index in [1.807, 2.05) is 6.07 Å². The maximum atomic E-state index is 12.7. The van der Waals surface area contributed by atoms with Crippen LogP contribution in [0.25, 0.3) is 0 Å². The highest BCUT2D eigenvalue weighted by atomic mass is 35.5. The summed E-state index contributed by atoms with van der Waals surface area (Å²) < 4.78 is 0. The molecule has 1 N–H and O–H groups in total. The normalized spacial score (nSPS) is 20.5. The van der Waals surface area contributed by atoms with Gasteiger partial charge in [-0.2, -0.15) is 0 Å². The molecular formula is C16H24ClN3O. The maximum absolute atomic E-state index is 12.7. The van der Waals surface area contributed by atoms with Gasteiger partial charge in [0.15, 0.2) is 0 Å². The van der Waals surface area contributed by atoms with Crippen molar-refractivity contribution in [1.82, 2.24) is 15.1 Å². The summed E-state index contributed by atoms with van der Waals surface area (Å²) in [6.45, 7) is 3.67. The molecule has 1 amide bonds. The molecule has 116 valence electrons. The molecule has 0 saturated carbocycles. The zero-order chi connectivity index (χ0) is 14.1. The third-order valence-corrected chi connectivity index (χ3v) is 4.30. The number of rotatable bonds is 3. The van der Waals surface area contributed by atoms with Gasteiger partial charge in [0, 0.05) is 37.8 Å². The molecule has 1 aromatic rings. The SMILES string of the molecule is CN(C)CC1CCCN1C(=O)c1ccc2c(c1)CNC2.Cl. The van der Waals surface area contributed by atoms with Crippen molar-refractivity contribution in [2.75, 3.05) is 27.2 Å². The molecule has 2 aliphatic rings. The molecule has 3 rings (SSSR count). The molecule has 0 aromatic heterocycles. The Morgan fingerprint density at radius 1 is 1.33 bits per heavy atom. The summed E-state index contributed by atoms with van der Waals surface area (Å²) in [6, 6.07) is 6.52. The monoisotopic (exact) mass is 309 g/mol. The minimum absolute atomic E-state index is 0. The van der Waals surface area contributed by atoms with Gasteiger partial charge in [0.1, 0.15) is 0 Å². The molecule has 0 bridgehead atoms. The van der Waals surface area contributed by atoms with Crippen LogP contribution in [0.2, 0.25) is 0 Å². The maximum Gasteiger partial charge on any atom is 0.254 e. The molecule has 0 aliphatic carbocycles. The minimum Gasteiger partial charge on any atom is -0.334 e. The molecule has 0 radical (unpaired) electrons. The van der Waals surface area contributed by atoms with Gasteiger partial charge in [-0.15, -0.1) is 12.4 Å². The van der Waals surface area contributed by atoms with Crippen LogP contribution in [0.15, 0.2) is 18.2 Å². The van der Waals surface area contributed by atoms with Crippen molar-refractivity contribution in [3.05, 3.63) is 34.9 Å². The highest BCUT2D eigenvalue weighted by molar-refractivity contribution is 5.95. The highest BCUT2D eigenvalue weighted by Crippen LogP contribution is 2.23. The largest absolute Gasteiger partial charge is 0.334 e. The fraction of sp³-hybridized carbons (Fsp3) is 0.562. The number of nitrogens with zero attached hydrogens (tertiary/aromatic N) is 2. The van der Waals surface area contributed by atoms with E-state index in [0.717, 1.165) is 44.6 Å². The van der Waals surface area contributed by atoms with Crippen molar-refractivity contribution in [2.24, 2.45) is 0 Å². The quantitative estimate of drug-likeness (QED) is 0.926. The van der Waals surface area contributed by atoms with E-state index in [4.69, 9.17) is 0 Å². The molecule has 2 heterocycles. The lowest BCUT2D eigenvalue weighted by Crippen LogP contribution is -2.41. The van der Waals surface area contributed by atoms with Crippen molar-refractivity contribution < 1.29 is 4.79 Å². The number of hydrogen-bond donors (Lipinski definition) is 1. The Labute approximate surface area is 132 Å². The second-order valence-corrected chi connectivity index (χ2v) is 6.14. The lowest BCUT2D eigenvalue weighted by atomic mass is 10.1. The minimum atomic E-state index is 0. The van der Waals surface area contributed by atoms with Crippen molar-refractivity contribution >= 4 is 18.3 Å². The summed E-state index contributed by atoms with van der Waals surface area (Å²) in [5.41, 5.74) is 3.45. The van der Waals surface area contributed by atoms with E-state index < -0.39 is 0 Å². The van der Waals surface area contributed by atoms with E-state index in [0.29, 0.717) is 6.04 Å². The van der Waals surface area contributed by atoms with Gasteiger partial charge >= 0.3 is 0 Å². The smallest absolute Gasteiger partial charge is 0.254 e. The van der Waals surface area contributed by atoms with E-state index in [9.17, 15) is 4.79 Å². The van der Waals surface area contributed by atoms with Crippen LogP contribution in [0.5, 0.6) is 0 Å². The third-order valence-electron chi connectivity index (χ3n) is 4.30. The Balaban J connectivity index is 0.00000161. The molecule has 2 aliphatic heterocycles. The zero-order valence-electron chi connectivity index (χ0n) is 12.8. The Bertz CT molecular complexity index is 518. The zero-order valence-corrected chi connectivity index (χ0v) is 13.6. The second kappa shape index (κ2) is 6.77. The van der Waals surface area contributed by atoms with E-state index in [-0.39, 0.29) is 18.3 Å². The molecule has 5 heteroatoms. The first-order chi connectivity index (χ1) is 9.65. The Morgan fingerprint density at radius 3 is 2.86 bits per heavy atom. The molecule has 1 atom stereocenters. The van der Waals surface area contributed by atoms with Gasteiger partial charge in [-0.25, -0.2) is 0 Å². The summed E-state index contributed by atoms with van der Waals surface area (Å²) >= 11 is 0. The molecule has 4 nitrogen and oxygen atoms in total. The number of likely N-dealkylation sites (tertiary alicyclic amines) is 1. The van der Waals surface area contributed by atoms with Crippen LogP contribution >= 0.6 is 12.4 Å². The summed E-state index contributed by atoms with van der Waals surface area (Å²) in [7, 11) is 4.14. The first-order valence-electron chi connectivity index (χ1n) is 7.43. The van der Waals surface area contributed by atoms with E-state index in [1.54, 1.807) is 0 Å². The average Bonchev–Trinajstić information content (AvgIpc) is 3.04. The van der Waals surface area contributed by atoms with Gasteiger partial charge in [-0.05, 0) is 50.2 Å². The Kier molecular flexibility index (Phi) is 5.25. The first-order valence-corrected chi connectivity index (χ1v) is 7.43. The lowest BCUT2D eigenvalue weighted by molar-refractivity contribution is 0.0716. The van der Waals surface area contributed by atoms with Crippen LogP contribution in [-0.4, -0.2) is 48.9 Å². The second-order valence-electron chi connectivity index (χ2n) is 6.14. The summed E-state index contributed by atoms with van der Waals surface area (Å²) in [5.74, 6) is 0.198. The van der Waals surface area contributed by atoms with Crippen molar-refractivity contribution in [3.8, 4) is 0 Å². The first kappa shape index (κ1) is 16.3. The van der Waals surface area contributed by atoms with Crippen LogP contribution < -0.4 is 5.32 Å². The van der Waals surface area contributed by atoms with E-state index >= 15 is 0 Å². The van der Waals surface area contributed by atoms with Gasteiger partial charge in [-0.3, -0.25) is 4.79 Å². The summed E-state index contributed by atoms with van der Waals surface area (Å²) in [4.78, 5) is 17.0. The van der Waals surface area contributed by atoms with Crippen molar-refractivity contribution in [1.29, 1.82) is 0 Å². The number of nitrogens with one attached hydrogen (secondary N) is 1. The number of carbonyl (C=O) groups excluding carboxylic acids is 1. The predicted octanol–water partition coefficient (Wildman–Crippen LogP) is 1.88. The fourth-order valence-electron chi connectivity index (χ4n) is 3.31. The van der Waals surface area contributed by atoms with Gasteiger partial charge in [0.2, 0.25) is 0 Å². The topological polar surface area (TPSA) is 35.6 Å². The summed E-state index contributed by atoms with van der Waals surface area (Å²) in [6.07, 6.45) is 2.24. The lowest BCUT2D eigenvalue weighted by Gasteiger charge is -2.27. The number of halogens is 1. The standard InChI is InChI=1S/C16H23N3O.ClH/c1-18(2)11-15-4-3-7-19(15)16(20)12-5-6-13-9-17-10-14(13)8-12;/h5-6,8,15,17H,3-4,7,9-11H2,1-2H3;1H. The third kappa shape index (κ3) is 3.39. The molecule has 1 saturated heterocycles. The van der Waals surface area contributed by atoms with Gasteiger partial charge in [0.05, 0.1) is 0 Å². The highest BCUT2D eigenvalue weighted by Gasteiger charge is 2.30. The van der Waals surface area contributed by atoms with Crippen LogP contribution in [-0.2, 0) is 13.1 Å². The number of hydrogen-bond acceptors (Lipinski definition) is 3. The molecule has 1 unspecified atom stereocenters. The number of carbonyl (C=O) groups is 1. The number of benzene rings is 1. The van der Waals surface area contributed by atoms with E-state index in [2.05, 4.69) is 41.3 Å². The van der Waals surface area contributed by atoms with E-state index in [1.165, 1.54) is 11.1 Å². The Hall–Kier alpha value is -1.10. The van der Waals surface area contributed by atoms with Gasteiger partial charge < -0.3 is 15.1 Å². The number of likely N-dealkylation sites (N-methyl/N-ethyl adjacent to an activating group) is 1. The van der Waals surface area contributed by atoms with Crippen LogP contribution in [0, 0.1) is 0 Å². The molecule has 21 heavy (non-hydrogen) atoms. The molecule has 1 aromatic carbocycles. The number of amides is 1. The fourth-order valence-corrected chi connectivity index (χ4v) is 3.31. The van der Waals surface area contributed by atoms with Crippen molar-refractivity contribution in [3.63, 3.8) is 0 Å². The van der Waals surface area contributed by atoms with Crippen LogP contribution in [0.1, 0.15) is 34.3 Å². The predicted molar refractivity (Wildman–Crippen MR) is 86.8 cm³/mol. The number of fused-ring (bicyclic) bond motifs is 1. The molecular weight excluding hydrogens is 286 g/mol. The Morgan fingerprint density at radius 2 is 2.10 bits per heavy atom.